The smallest absolute Gasteiger partial charge is 0.251 e. The maximum Gasteiger partial charge on any atom is 0.251 e. The van der Waals surface area contributed by atoms with E-state index in [0.717, 1.165) is 31.5 Å². The molecule has 2 aliphatic heterocycles. The Hall–Kier alpha value is -2.42. The van der Waals surface area contributed by atoms with E-state index in [1.165, 1.54) is 30.7 Å². The number of carbonyl (C=O) groups is 1. The van der Waals surface area contributed by atoms with Gasteiger partial charge in [-0.2, -0.15) is 0 Å². The molecule has 31 heavy (non-hydrogen) atoms. The topological polar surface area (TPSA) is 87.7 Å². The lowest BCUT2D eigenvalue weighted by Gasteiger charge is -2.17. The molecule has 1 amide bonds. The van der Waals surface area contributed by atoms with Crippen molar-refractivity contribution in [2.24, 2.45) is 0 Å². The number of anilines is 1. The van der Waals surface area contributed by atoms with Crippen LogP contribution >= 0.6 is 0 Å². The van der Waals surface area contributed by atoms with E-state index in [4.69, 9.17) is 4.74 Å². The summed E-state index contributed by atoms with van der Waals surface area (Å²) in [5.74, 6) is -0.306. The highest BCUT2D eigenvalue weighted by Gasteiger charge is 2.21. The zero-order valence-electron chi connectivity index (χ0n) is 17.5. The van der Waals surface area contributed by atoms with Crippen LogP contribution in [-0.2, 0) is 21.3 Å². The van der Waals surface area contributed by atoms with E-state index in [1.54, 1.807) is 12.1 Å². The molecule has 2 N–H and O–H groups in total. The van der Waals surface area contributed by atoms with Gasteiger partial charge in [-0.15, -0.1) is 0 Å². The lowest BCUT2D eigenvalue weighted by atomic mass is 10.1. The van der Waals surface area contributed by atoms with Crippen LogP contribution in [0.1, 0.15) is 41.6 Å². The largest absolute Gasteiger partial charge is 0.377 e. The molecule has 4 rings (SSSR count). The molecule has 0 spiro atoms. The van der Waals surface area contributed by atoms with Gasteiger partial charge in [-0.05, 0) is 61.6 Å². The summed E-state index contributed by atoms with van der Waals surface area (Å²) in [7, 11) is -3.70. The second kappa shape index (κ2) is 9.80. The van der Waals surface area contributed by atoms with Crippen LogP contribution < -0.4 is 14.9 Å². The van der Waals surface area contributed by atoms with Crippen molar-refractivity contribution in [1.29, 1.82) is 0 Å². The molecule has 1 unspecified atom stereocenters. The molecule has 2 fully saturated rings. The Morgan fingerprint density at radius 2 is 1.84 bits per heavy atom. The predicted molar refractivity (Wildman–Crippen MR) is 120 cm³/mol. The van der Waals surface area contributed by atoms with Crippen LogP contribution in [0, 0.1) is 0 Å². The lowest BCUT2D eigenvalue weighted by Crippen LogP contribution is -2.32. The third-order valence-corrected chi connectivity index (χ3v) is 7.21. The first-order valence-electron chi connectivity index (χ1n) is 10.8. The summed E-state index contributed by atoms with van der Waals surface area (Å²) < 4.78 is 33.2. The fraction of sp³-hybridized carbons (Fsp3) is 0.435. The van der Waals surface area contributed by atoms with E-state index in [9.17, 15) is 13.2 Å². The van der Waals surface area contributed by atoms with Crippen molar-refractivity contribution in [2.75, 3.05) is 31.1 Å². The highest BCUT2D eigenvalue weighted by atomic mass is 32.2. The number of nitrogens with one attached hydrogen (secondary N) is 2. The number of sulfonamides is 1. The fourth-order valence-electron chi connectivity index (χ4n) is 3.98. The summed E-state index contributed by atoms with van der Waals surface area (Å²) in [5, 5.41) is 2.87. The van der Waals surface area contributed by atoms with Crippen LogP contribution in [0.3, 0.4) is 0 Å². The molecule has 0 radical (unpaired) electrons. The number of amides is 1. The molecule has 2 saturated heterocycles. The molecular formula is C23H29N3O4S. The van der Waals surface area contributed by atoms with Crippen molar-refractivity contribution in [1.82, 2.24) is 10.0 Å². The van der Waals surface area contributed by atoms with Crippen molar-refractivity contribution in [3.63, 3.8) is 0 Å². The molecule has 2 aromatic carbocycles. The minimum absolute atomic E-state index is 0.0770. The van der Waals surface area contributed by atoms with Gasteiger partial charge in [0.25, 0.3) is 5.91 Å². The van der Waals surface area contributed by atoms with Gasteiger partial charge in [-0.1, -0.05) is 18.2 Å². The molecule has 0 aliphatic carbocycles. The summed E-state index contributed by atoms with van der Waals surface area (Å²) in [6.07, 6.45) is 4.18. The van der Waals surface area contributed by atoms with Crippen molar-refractivity contribution in [2.45, 2.75) is 43.2 Å². The molecule has 2 aliphatic rings. The summed E-state index contributed by atoms with van der Waals surface area (Å²) in [6, 6.07) is 14.3. The Kier molecular flexibility index (Phi) is 6.89. The quantitative estimate of drug-likeness (QED) is 0.655. The number of ether oxygens (including phenoxy) is 1. The number of hydrogen-bond acceptors (Lipinski definition) is 5. The molecule has 1 atom stereocenters. The SMILES string of the molecule is O=C(NCc1ccc(N2CCCC2)cc1)c1cccc(S(=O)(=O)NCC2CCCO2)c1. The van der Waals surface area contributed by atoms with Crippen LogP contribution in [-0.4, -0.2) is 46.7 Å². The third-order valence-electron chi connectivity index (χ3n) is 5.79. The van der Waals surface area contributed by atoms with Gasteiger partial charge in [0.2, 0.25) is 10.0 Å². The monoisotopic (exact) mass is 443 g/mol. The predicted octanol–water partition coefficient (Wildman–Crippen LogP) is 2.67. The zero-order valence-corrected chi connectivity index (χ0v) is 18.4. The van der Waals surface area contributed by atoms with Crippen LogP contribution in [0.2, 0.25) is 0 Å². The number of rotatable bonds is 8. The van der Waals surface area contributed by atoms with Crippen LogP contribution in [0.25, 0.3) is 0 Å². The van der Waals surface area contributed by atoms with Crippen LogP contribution in [0.15, 0.2) is 53.4 Å². The van der Waals surface area contributed by atoms with E-state index in [0.29, 0.717) is 18.7 Å². The van der Waals surface area contributed by atoms with Gasteiger partial charge in [-0.3, -0.25) is 4.79 Å². The standard InChI is InChI=1S/C23H29N3O4S/c27-23(24-16-18-8-10-20(11-9-18)26-12-1-2-13-26)19-5-3-7-22(15-19)31(28,29)25-17-21-6-4-14-30-21/h3,5,7-11,15,21,25H,1-2,4,6,12-14,16-17H2,(H,24,27). The maximum absolute atomic E-state index is 12.6. The van der Waals surface area contributed by atoms with Crippen molar-refractivity contribution in [3.8, 4) is 0 Å². The lowest BCUT2D eigenvalue weighted by molar-refractivity contribution is 0.0950. The summed E-state index contributed by atoms with van der Waals surface area (Å²) in [6.45, 7) is 3.48. The first kappa shape index (κ1) is 21.8. The average Bonchev–Trinajstić information content (AvgIpc) is 3.51. The number of benzene rings is 2. The van der Waals surface area contributed by atoms with Crippen molar-refractivity contribution in [3.05, 3.63) is 59.7 Å². The minimum atomic E-state index is -3.70. The fourth-order valence-corrected chi connectivity index (χ4v) is 5.09. The zero-order chi connectivity index (χ0) is 21.7. The molecule has 7 nitrogen and oxygen atoms in total. The van der Waals surface area contributed by atoms with E-state index in [-0.39, 0.29) is 23.5 Å². The summed E-state index contributed by atoms with van der Waals surface area (Å²) >= 11 is 0. The Bertz CT molecular complexity index is 996. The molecule has 166 valence electrons. The number of carbonyl (C=O) groups excluding carboxylic acids is 1. The minimum Gasteiger partial charge on any atom is -0.377 e. The van der Waals surface area contributed by atoms with Gasteiger partial charge < -0.3 is 15.0 Å². The molecular weight excluding hydrogens is 414 g/mol. The van der Waals surface area contributed by atoms with Gasteiger partial charge in [0.1, 0.15) is 0 Å². The molecule has 2 heterocycles. The molecule has 0 saturated carbocycles. The first-order valence-corrected chi connectivity index (χ1v) is 12.3. The second-order valence-corrected chi connectivity index (χ2v) is 9.82. The Morgan fingerprint density at radius 1 is 1.06 bits per heavy atom. The number of nitrogens with zero attached hydrogens (tertiary/aromatic N) is 1. The van der Waals surface area contributed by atoms with Gasteiger partial charge >= 0.3 is 0 Å². The van der Waals surface area contributed by atoms with Gasteiger partial charge in [0.15, 0.2) is 0 Å². The molecule has 0 aromatic heterocycles. The van der Waals surface area contributed by atoms with E-state index < -0.39 is 10.0 Å². The highest BCUT2D eigenvalue weighted by Crippen LogP contribution is 2.20. The van der Waals surface area contributed by atoms with E-state index >= 15 is 0 Å². The van der Waals surface area contributed by atoms with Gasteiger partial charge in [-0.25, -0.2) is 13.1 Å². The third kappa shape index (κ3) is 5.64. The Labute approximate surface area is 183 Å². The first-order chi connectivity index (χ1) is 15.0. The van der Waals surface area contributed by atoms with Gasteiger partial charge in [0.05, 0.1) is 11.0 Å². The van der Waals surface area contributed by atoms with Crippen LogP contribution in [0.4, 0.5) is 5.69 Å². The highest BCUT2D eigenvalue weighted by molar-refractivity contribution is 7.89. The molecule has 8 heteroatoms. The van der Waals surface area contributed by atoms with Gasteiger partial charge in [0, 0.05) is 44.0 Å². The van der Waals surface area contributed by atoms with E-state index in [2.05, 4.69) is 27.1 Å². The Morgan fingerprint density at radius 3 is 2.55 bits per heavy atom. The normalized spacial score (nSPS) is 19.0. The second-order valence-electron chi connectivity index (χ2n) is 8.06. The molecule has 2 aromatic rings. The van der Waals surface area contributed by atoms with Crippen molar-refractivity contribution >= 4 is 21.6 Å². The van der Waals surface area contributed by atoms with E-state index in [1.807, 2.05) is 12.1 Å². The van der Waals surface area contributed by atoms with Crippen molar-refractivity contribution < 1.29 is 17.9 Å². The Balaban J connectivity index is 1.34. The number of hydrogen-bond donors (Lipinski definition) is 2. The summed E-state index contributed by atoms with van der Waals surface area (Å²) in [5.41, 5.74) is 2.52. The van der Waals surface area contributed by atoms with Crippen LogP contribution in [0.5, 0.6) is 0 Å². The maximum atomic E-state index is 12.6. The molecule has 0 bridgehead atoms. The average molecular weight is 444 g/mol. The summed E-state index contributed by atoms with van der Waals surface area (Å²) in [4.78, 5) is 15.0.